The molecule has 4 rings (SSSR count). The summed E-state index contributed by atoms with van der Waals surface area (Å²) >= 11 is 0. The molecule has 0 amide bonds. The predicted molar refractivity (Wildman–Crippen MR) is 74.8 cm³/mol. The van der Waals surface area contributed by atoms with Crippen molar-refractivity contribution < 1.29 is 4.79 Å². The highest BCUT2D eigenvalue weighted by Gasteiger charge is 2.32. The molecule has 1 aliphatic heterocycles. The zero-order valence-electron chi connectivity index (χ0n) is 10.6. The summed E-state index contributed by atoms with van der Waals surface area (Å²) in [5.74, 6) is 0.807. The van der Waals surface area contributed by atoms with Gasteiger partial charge in [-0.2, -0.15) is 0 Å². The van der Waals surface area contributed by atoms with Crippen LogP contribution in [0.25, 0.3) is 16.6 Å². The Balaban J connectivity index is 2.05. The average Bonchev–Trinajstić information content (AvgIpc) is 2.83. The van der Waals surface area contributed by atoms with Crippen LogP contribution < -0.4 is 0 Å². The molecule has 3 nitrogen and oxygen atoms in total. The van der Waals surface area contributed by atoms with Crippen LogP contribution in [0.15, 0.2) is 53.6 Å². The standard InChI is InChI=1S/C16H12N2O/c1-10-6-8-11-12(9-7-10)16(19)18-14-5-3-2-4-13(14)17-15(11)18/h2-5,7-9H,6H2,1H3. The van der Waals surface area contributed by atoms with Crippen LogP contribution in [0.4, 0.5) is 0 Å². The van der Waals surface area contributed by atoms with Gasteiger partial charge in [-0.3, -0.25) is 9.36 Å². The fraction of sp³-hybridized carbons (Fsp3) is 0.125. The molecule has 0 atom stereocenters. The van der Waals surface area contributed by atoms with Crippen molar-refractivity contribution in [1.82, 2.24) is 9.55 Å². The Bertz CT molecular complexity index is 818. The first-order valence-electron chi connectivity index (χ1n) is 6.36. The second-order valence-electron chi connectivity index (χ2n) is 4.98. The molecular weight excluding hydrogens is 236 g/mol. The molecule has 0 radical (unpaired) electrons. The third kappa shape index (κ3) is 1.32. The number of benzene rings is 1. The van der Waals surface area contributed by atoms with Gasteiger partial charge in [-0.25, -0.2) is 4.98 Å². The minimum absolute atomic E-state index is 0.0286. The smallest absolute Gasteiger partial charge is 0.264 e. The quantitative estimate of drug-likeness (QED) is 0.716. The average molecular weight is 248 g/mol. The zero-order chi connectivity index (χ0) is 13.0. The van der Waals surface area contributed by atoms with Gasteiger partial charge in [0, 0.05) is 5.57 Å². The van der Waals surface area contributed by atoms with E-state index in [1.165, 1.54) is 5.57 Å². The number of imidazole rings is 1. The van der Waals surface area contributed by atoms with Crippen molar-refractivity contribution in [1.29, 1.82) is 0 Å². The molecule has 2 aromatic rings. The molecule has 1 aromatic heterocycles. The molecule has 92 valence electrons. The third-order valence-electron chi connectivity index (χ3n) is 3.69. The van der Waals surface area contributed by atoms with Gasteiger partial charge in [-0.05, 0) is 31.6 Å². The zero-order valence-corrected chi connectivity index (χ0v) is 10.6. The van der Waals surface area contributed by atoms with Crippen LogP contribution in [0.5, 0.6) is 0 Å². The van der Waals surface area contributed by atoms with Crippen LogP contribution in [0.2, 0.25) is 0 Å². The minimum Gasteiger partial charge on any atom is -0.268 e. The van der Waals surface area contributed by atoms with Crippen molar-refractivity contribution in [2.24, 2.45) is 0 Å². The van der Waals surface area contributed by atoms with E-state index in [9.17, 15) is 4.79 Å². The lowest BCUT2D eigenvalue weighted by molar-refractivity contribution is 0.0972. The molecule has 3 heteroatoms. The van der Waals surface area contributed by atoms with Gasteiger partial charge in [0.25, 0.3) is 5.91 Å². The Morgan fingerprint density at radius 2 is 2.00 bits per heavy atom. The van der Waals surface area contributed by atoms with E-state index in [4.69, 9.17) is 0 Å². The van der Waals surface area contributed by atoms with E-state index in [1.807, 2.05) is 36.4 Å². The molecule has 0 N–H and O–H groups in total. The van der Waals surface area contributed by atoms with Crippen LogP contribution in [-0.2, 0) is 0 Å². The van der Waals surface area contributed by atoms with Gasteiger partial charge in [0.1, 0.15) is 5.82 Å². The fourth-order valence-corrected chi connectivity index (χ4v) is 2.69. The molecule has 0 saturated heterocycles. The Morgan fingerprint density at radius 3 is 2.89 bits per heavy atom. The van der Waals surface area contributed by atoms with Gasteiger partial charge in [0.05, 0.1) is 16.6 Å². The van der Waals surface area contributed by atoms with Crippen LogP contribution >= 0.6 is 0 Å². The van der Waals surface area contributed by atoms with Gasteiger partial charge in [0.15, 0.2) is 0 Å². The monoisotopic (exact) mass is 248 g/mol. The Hall–Kier alpha value is -2.42. The largest absolute Gasteiger partial charge is 0.268 e. The topological polar surface area (TPSA) is 34.9 Å². The van der Waals surface area contributed by atoms with E-state index in [0.717, 1.165) is 34.4 Å². The van der Waals surface area contributed by atoms with Crippen molar-refractivity contribution in [3.63, 3.8) is 0 Å². The normalized spacial score (nSPS) is 17.5. The number of hydrogen-bond acceptors (Lipinski definition) is 2. The van der Waals surface area contributed by atoms with Crippen molar-refractivity contribution in [2.45, 2.75) is 13.3 Å². The van der Waals surface area contributed by atoms with E-state index in [-0.39, 0.29) is 5.91 Å². The summed E-state index contributed by atoms with van der Waals surface area (Å²) in [6, 6.07) is 7.76. The molecule has 0 bridgehead atoms. The van der Waals surface area contributed by atoms with Crippen LogP contribution in [-0.4, -0.2) is 15.5 Å². The summed E-state index contributed by atoms with van der Waals surface area (Å²) in [4.78, 5) is 17.2. The lowest BCUT2D eigenvalue weighted by Crippen LogP contribution is -2.05. The number of nitrogens with zero attached hydrogens (tertiary/aromatic N) is 2. The van der Waals surface area contributed by atoms with Gasteiger partial charge in [-0.1, -0.05) is 29.9 Å². The predicted octanol–water partition coefficient (Wildman–Crippen LogP) is 3.35. The maximum Gasteiger partial charge on any atom is 0.264 e. The number of carbonyl (C=O) groups is 1. The molecule has 1 aliphatic carbocycles. The van der Waals surface area contributed by atoms with Crippen molar-refractivity contribution in [3.8, 4) is 0 Å². The van der Waals surface area contributed by atoms with E-state index in [2.05, 4.69) is 18.0 Å². The molecule has 2 aliphatic rings. The molecule has 0 unspecified atom stereocenters. The Kier molecular flexibility index (Phi) is 1.96. The summed E-state index contributed by atoms with van der Waals surface area (Å²) in [5, 5.41) is 0. The highest BCUT2D eigenvalue weighted by Crippen LogP contribution is 2.36. The SMILES string of the molecule is CC1=CC=C2C(=O)n3c(nc4ccccc43)C2=CC1. The van der Waals surface area contributed by atoms with Gasteiger partial charge in [0.2, 0.25) is 0 Å². The highest BCUT2D eigenvalue weighted by atomic mass is 16.2. The summed E-state index contributed by atoms with van der Waals surface area (Å²) in [7, 11) is 0. The highest BCUT2D eigenvalue weighted by molar-refractivity contribution is 6.18. The lowest BCUT2D eigenvalue weighted by Gasteiger charge is -1.97. The van der Waals surface area contributed by atoms with E-state index in [1.54, 1.807) is 4.57 Å². The maximum absolute atomic E-state index is 12.6. The summed E-state index contributed by atoms with van der Waals surface area (Å²) in [6.45, 7) is 2.07. The van der Waals surface area contributed by atoms with E-state index >= 15 is 0 Å². The first-order valence-corrected chi connectivity index (χ1v) is 6.36. The molecule has 0 spiro atoms. The van der Waals surface area contributed by atoms with Crippen molar-refractivity contribution in [2.75, 3.05) is 0 Å². The minimum atomic E-state index is 0.0286. The van der Waals surface area contributed by atoms with Crippen LogP contribution in [0.1, 0.15) is 24.0 Å². The molecular formula is C16H12N2O. The van der Waals surface area contributed by atoms with E-state index < -0.39 is 0 Å². The number of hydrogen-bond donors (Lipinski definition) is 0. The van der Waals surface area contributed by atoms with Crippen LogP contribution in [0, 0.1) is 0 Å². The number of fused-ring (bicyclic) bond motifs is 5. The van der Waals surface area contributed by atoms with Gasteiger partial charge < -0.3 is 0 Å². The molecule has 2 heterocycles. The molecule has 19 heavy (non-hydrogen) atoms. The Morgan fingerprint density at radius 1 is 1.16 bits per heavy atom. The van der Waals surface area contributed by atoms with Gasteiger partial charge >= 0.3 is 0 Å². The first kappa shape index (κ1) is 10.5. The fourth-order valence-electron chi connectivity index (χ4n) is 2.69. The molecule has 0 fully saturated rings. The summed E-state index contributed by atoms with van der Waals surface area (Å²) in [5.41, 5.74) is 4.74. The molecule has 1 aromatic carbocycles. The summed E-state index contributed by atoms with van der Waals surface area (Å²) < 4.78 is 1.72. The number of allylic oxidation sites excluding steroid dienone is 6. The maximum atomic E-state index is 12.6. The first-order chi connectivity index (χ1) is 9.25. The van der Waals surface area contributed by atoms with Crippen molar-refractivity contribution in [3.05, 3.63) is 59.5 Å². The lowest BCUT2D eigenvalue weighted by atomic mass is 10.1. The second kappa shape index (κ2) is 3.54. The second-order valence-corrected chi connectivity index (χ2v) is 4.98. The number of para-hydroxylation sites is 2. The number of rotatable bonds is 0. The number of aromatic nitrogens is 2. The molecule has 0 saturated carbocycles. The van der Waals surface area contributed by atoms with Gasteiger partial charge in [-0.15, -0.1) is 0 Å². The summed E-state index contributed by atoms with van der Waals surface area (Å²) in [6.07, 6.45) is 6.91. The number of carbonyl (C=O) groups excluding carboxylic acids is 1. The Labute approximate surface area is 110 Å². The van der Waals surface area contributed by atoms with Crippen molar-refractivity contribution >= 4 is 22.5 Å². The van der Waals surface area contributed by atoms with Crippen LogP contribution in [0.3, 0.4) is 0 Å². The van der Waals surface area contributed by atoms with E-state index in [0.29, 0.717) is 0 Å². The third-order valence-corrected chi connectivity index (χ3v) is 3.69.